The van der Waals surface area contributed by atoms with Gasteiger partial charge in [-0.15, -0.1) is 0 Å². The average Bonchev–Trinajstić information content (AvgIpc) is 2.52. The summed E-state index contributed by atoms with van der Waals surface area (Å²) in [6.07, 6.45) is -4.58. The highest BCUT2D eigenvalue weighted by atomic mass is 19.4. The summed E-state index contributed by atoms with van der Waals surface area (Å²) >= 11 is 0. The molecule has 0 bridgehead atoms. The highest BCUT2D eigenvalue weighted by Gasteiger charge is 2.31. The van der Waals surface area contributed by atoms with Crippen molar-refractivity contribution in [1.29, 1.82) is 5.26 Å². The van der Waals surface area contributed by atoms with E-state index in [1.54, 1.807) is 6.92 Å². The lowest BCUT2D eigenvalue weighted by molar-refractivity contribution is -0.143. The fourth-order valence-corrected chi connectivity index (χ4v) is 1.84. The summed E-state index contributed by atoms with van der Waals surface area (Å²) in [4.78, 5) is 23.7. The van der Waals surface area contributed by atoms with Gasteiger partial charge in [-0.05, 0) is 31.5 Å². The smallest absolute Gasteiger partial charge is 0.416 e. The number of ether oxygens (including phenoxy) is 1. The summed E-state index contributed by atoms with van der Waals surface area (Å²) < 4.78 is 42.5. The Hall–Kier alpha value is -2.56. The molecule has 0 radical (unpaired) electrons. The van der Waals surface area contributed by atoms with E-state index in [9.17, 15) is 22.8 Å². The number of carbonyl (C=O) groups is 2. The Kier molecular flexibility index (Phi) is 6.13. The molecule has 1 aromatic carbocycles. The highest BCUT2D eigenvalue weighted by Crippen LogP contribution is 2.29. The van der Waals surface area contributed by atoms with Crippen molar-refractivity contribution in [2.45, 2.75) is 25.6 Å². The molecule has 1 aromatic rings. The van der Waals surface area contributed by atoms with Crippen LogP contribution in [0.4, 0.5) is 13.2 Å². The van der Waals surface area contributed by atoms with Gasteiger partial charge in [0.25, 0.3) is 5.91 Å². The first kappa shape index (κ1) is 18.5. The molecular formula is C15H15F3N2O3. The van der Waals surface area contributed by atoms with Gasteiger partial charge in [0, 0.05) is 11.5 Å². The van der Waals surface area contributed by atoms with Crippen LogP contribution >= 0.6 is 0 Å². The fraction of sp³-hybridized carbons (Fsp3) is 0.400. The van der Waals surface area contributed by atoms with E-state index in [0.717, 1.165) is 19.2 Å². The Labute approximate surface area is 131 Å². The quantitative estimate of drug-likeness (QED) is 0.843. The molecule has 124 valence electrons. The van der Waals surface area contributed by atoms with Gasteiger partial charge in [0.05, 0.1) is 18.7 Å². The summed E-state index contributed by atoms with van der Waals surface area (Å²) in [5, 5.41) is 11.1. The zero-order chi connectivity index (χ0) is 17.6. The Morgan fingerprint density at radius 1 is 1.39 bits per heavy atom. The molecule has 0 heterocycles. The lowest BCUT2D eigenvalue weighted by Crippen LogP contribution is -2.42. The van der Waals surface area contributed by atoms with Crippen LogP contribution in [-0.2, 0) is 15.7 Å². The highest BCUT2D eigenvalue weighted by molar-refractivity contribution is 5.96. The van der Waals surface area contributed by atoms with E-state index in [0.29, 0.717) is 6.07 Å². The van der Waals surface area contributed by atoms with Crippen LogP contribution in [0.3, 0.4) is 0 Å². The van der Waals surface area contributed by atoms with Crippen LogP contribution in [0.1, 0.15) is 29.3 Å². The van der Waals surface area contributed by atoms with Gasteiger partial charge >= 0.3 is 12.1 Å². The van der Waals surface area contributed by atoms with Gasteiger partial charge in [0.1, 0.15) is 6.04 Å². The molecule has 5 nitrogen and oxygen atoms in total. The topological polar surface area (TPSA) is 79.2 Å². The second kappa shape index (κ2) is 7.63. The van der Waals surface area contributed by atoms with Crippen molar-refractivity contribution in [3.05, 3.63) is 35.4 Å². The molecule has 0 saturated carbocycles. The van der Waals surface area contributed by atoms with Crippen molar-refractivity contribution in [2.24, 2.45) is 5.92 Å². The third kappa shape index (κ3) is 5.29. The number of hydrogen-bond donors (Lipinski definition) is 1. The minimum absolute atomic E-state index is 0.00608. The van der Waals surface area contributed by atoms with Gasteiger partial charge in [-0.3, -0.25) is 4.79 Å². The summed E-state index contributed by atoms with van der Waals surface area (Å²) in [6.45, 7) is 1.55. The van der Waals surface area contributed by atoms with Crippen molar-refractivity contribution in [1.82, 2.24) is 5.32 Å². The zero-order valence-electron chi connectivity index (χ0n) is 12.5. The Morgan fingerprint density at radius 2 is 2.04 bits per heavy atom. The first-order valence-corrected chi connectivity index (χ1v) is 6.64. The molecular weight excluding hydrogens is 313 g/mol. The molecule has 2 atom stereocenters. The number of nitrogens with one attached hydrogen (secondary N) is 1. The molecule has 1 amide bonds. The van der Waals surface area contributed by atoms with E-state index in [1.165, 1.54) is 6.07 Å². The second-order valence-corrected chi connectivity index (χ2v) is 4.89. The van der Waals surface area contributed by atoms with E-state index >= 15 is 0 Å². The lowest BCUT2D eigenvalue weighted by Gasteiger charge is -2.17. The number of nitrogens with zero attached hydrogens (tertiary/aromatic N) is 1. The molecule has 0 aliphatic rings. The number of amides is 1. The van der Waals surface area contributed by atoms with Crippen LogP contribution in [0.2, 0.25) is 0 Å². The predicted octanol–water partition coefficient (Wildman–Crippen LogP) is 2.53. The number of rotatable bonds is 5. The number of methoxy groups -OCH3 is 1. The van der Waals surface area contributed by atoms with Crippen molar-refractivity contribution in [3.8, 4) is 6.07 Å². The maximum Gasteiger partial charge on any atom is 0.416 e. The molecule has 1 rings (SSSR count). The first-order chi connectivity index (χ1) is 10.7. The molecule has 0 saturated heterocycles. The zero-order valence-corrected chi connectivity index (χ0v) is 12.5. The minimum atomic E-state index is -4.58. The molecule has 0 aromatic heterocycles. The van der Waals surface area contributed by atoms with Gasteiger partial charge in [-0.1, -0.05) is 6.07 Å². The van der Waals surface area contributed by atoms with E-state index in [4.69, 9.17) is 5.26 Å². The number of alkyl halides is 3. The second-order valence-electron chi connectivity index (χ2n) is 4.89. The van der Waals surface area contributed by atoms with Crippen molar-refractivity contribution < 1.29 is 27.5 Å². The Balaban J connectivity index is 2.95. The number of hydrogen-bond acceptors (Lipinski definition) is 4. The van der Waals surface area contributed by atoms with Crippen LogP contribution in [0.15, 0.2) is 24.3 Å². The molecule has 0 spiro atoms. The monoisotopic (exact) mass is 328 g/mol. The third-order valence-corrected chi connectivity index (χ3v) is 3.05. The maximum absolute atomic E-state index is 12.7. The summed E-state index contributed by atoms with van der Waals surface area (Å²) in [5.74, 6) is -2.16. The number of halogens is 3. The maximum atomic E-state index is 12.7. The average molecular weight is 328 g/mol. The molecule has 23 heavy (non-hydrogen) atoms. The van der Waals surface area contributed by atoms with E-state index < -0.39 is 35.6 Å². The normalized spacial score (nSPS) is 13.6. The first-order valence-electron chi connectivity index (χ1n) is 6.64. The Bertz CT molecular complexity index is 623. The van der Waals surface area contributed by atoms with Gasteiger partial charge in [-0.25, -0.2) is 4.79 Å². The van der Waals surface area contributed by atoms with Crippen molar-refractivity contribution in [3.63, 3.8) is 0 Å². The molecule has 0 unspecified atom stereocenters. The number of nitriles is 1. The van der Waals surface area contributed by atoms with Gasteiger partial charge in [0.15, 0.2) is 0 Å². The Morgan fingerprint density at radius 3 is 2.57 bits per heavy atom. The lowest BCUT2D eigenvalue weighted by atomic mass is 10.0. The van der Waals surface area contributed by atoms with Crippen LogP contribution < -0.4 is 5.32 Å². The summed E-state index contributed by atoms with van der Waals surface area (Å²) in [5.41, 5.74) is -1.21. The largest absolute Gasteiger partial charge is 0.467 e. The summed E-state index contributed by atoms with van der Waals surface area (Å²) in [7, 11) is 1.11. The minimum Gasteiger partial charge on any atom is -0.467 e. The van der Waals surface area contributed by atoms with Crippen molar-refractivity contribution in [2.75, 3.05) is 7.11 Å². The van der Waals surface area contributed by atoms with E-state index in [1.807, 2.05) is 6.07 Å². The van der Waals surface area contributed by atoms with Crippen LogP contribution in [0, 0.1) is 17.2 Å². The molecule has 8 heteroatoms. The van der Waals surface area contributed by atoms with Gasteiger partial charge < -0.3 is 10.1 Å². The van der Waals surface area contributed by atoms with E-state index in [-0.39, 0.29) is 12.0 Å². The van der Waals surface area contributed by atoms with Crippen LogP contribution in [0.25, 0.3) is 0 Å². The standard InChI is InChI=1S/C15H15F3N2O3/c1-9(8-19)6-12(14(22)23-2)20-13(21)10-4-3-5-11(7-10)15(16,17)18/h3-5,7,9,12H,6H2,1-2H3,(H,20,21)/t9-,12-/m1/s1. The van der Waals surface area contributed by atoms with Gasteiger partial charge in [-0.2, -0.15) is 18.4 Å². The summed E-state index contributed by atoms with van der Waals surface area (Å²) in [6, 6.07) is 4.63. The fourth-order valence-electron chi connectivity index (χ4n) is 1.84. The van der Waals surface area contributed by atoms with Crippen LogP contribution in [0.5, 0.6) is 0 Å². The SMILES string of the molecule is COC(=O)[C@@H](C[C@@H](C)C#N)NC(=O)c1cccc(C(F)(F)F)c1. The van der Waals surface area contributed by atoms with E-state index in [2.05, 4.69) is 10.1 Å². The van der Waals surface area contributed by atoms with Crippen LogP contribution in [-0.4, -0.2) is 25.0 Å². The molecule has 0 fully saturated rings. The molecule has 1 N–H and O–H groups in total. The van der Waals surface area contributed by atoms with Gasteiger partial charge in [0.2, 0.25) is 0 Å². The predicted molar refractivity (Wildman–Crippen MR) is 74.1 cm³/mol. The number of benzene rings is 1. The number of carbonyl (C=O) groups excluding carboxylic acids is 2. The van der Waals surface area contributed by atoms with Crippen molar-refractivity contribution >= 4 is 11.9 Å². The third-order valence-electron chi connectivity index (χ3n) is 3.05. The molecule has 0 aliphatic heterocycles. The molecule has 0 aliphatic carbocycles. The number of esters is 1.